The van der Waals surface area contributed by atoms with Crippen LogP contribution in [0.3, 0.4) is 0 Å². The Balaban J connectivity index is 1.59. The van der Waals surface area contributed by atoms with Crippen LogP contribution >= 0.6 is 0 Å². The first-order valence-electron chi connectivity index (χ1n) is 5.99. The Bertz CT molecular complexity index is 416. The fourth-order valence-electron chi connectivity index (χ4n) is 2.52. The van der Waals surface area contributed by atoms with Gasteiger partial charge in [-0.1, -0.05) is 0 Å². The molecule has 1 aromatic heterocycles. The van der Waals surface area contributed by atoms with Gasteiger partial charge >= 0.3 is 0 Å². The maximum absolute atomic E-state index is 11.9. The standard InChI is InChI=1S/C12H17N3O/c1-8-10(6-14-15-8)11(16)13-7-12(4-5-12)9-2-3-9/h6,9H,2-5,7H2,1H3,(H,13,16)(H,14,15). The molecule has 2 aliphatic rings. The summed E-state index contributed by atoms with van der Waals surface area (Å²) in [5.74, 6) is 0.899. The normalized spacial score (nSPS) is 21.8. The number of H-pyrrole nitrogens is 1. The first-order chi connectivity index (χ1) is 7.71. The van der Waals surface area contributed by atoms with Gasteiger partial charge in [-0.3, -0.25) is 9.89 Å². The van der Waals surface area contributed by atoms with Crippen LogP contribution in [0, 0.1) is 18.3 Å². The second-order valence-electron chi connectivity index (χ2n) is 5.23. The second kappa shape index (κ2) is 3.34. The van der Waals surface area contributed by atoms with E-state index in [1.807, 2.05) is 6.92 Å². The maximum Gasteiger partial charge on any atom is 0.254 e. The number of nitrogens with one attached hydrogen (secondary N) is 2. The van der Waals surface area contributed by atoms with Crippen LogP contribution < -0.4 is 5.32 Å². The van der Waals surface area contributed by atoms with E-state index in [4.69, 9.17) is 0 Å². The highest BCUT2D eigenvalue weighted by Crippen LogP contribution is 2.60. The van der Waals surface area contributed by atoms with Crippen molar-refractivity contribution in [1.29, 1.82) is 0 Å². The van der Waals surface area contributed by atoms with E-state index in [1.165, 1.54) is 25.7 Å². The molecule has 1 amide bonds. The van der Waals surface area contributed by atoms with Crippen LogP contribution in [0.4, 0.5) is 0 Å². The number of aryl methyl sites for hydroxylation is 1. The number of carbonyl (C=O) groups excluding carboxylic acids is 1. The topological polar surface area (TPSA) is 57.8 Å². The van der Waals surface area contributed by atoms with E-state index in [-0.39, 0.29) is 5.91 Å². The largest absolute Gasteiger partial charge is 0.351 e. The predicted octanol–water partition coefficient (Wildman–Crippen LogP) is 1.64. The molecule has 0 unspecified atom stereocenters. The van der Waals surface area contributed by atoms with Gasteiger partial charge in [-0.25, -0.2) is 0 Å². The highest BCUT2D eigenvalue weighted by Gasteiger charge is 2.53. The number of nitrogens with zero attached hydrogens (tertiary/aromatic N) is 1. The number of carbonyl (C=O) groups is 1. The SMILES string of the molecule is Cc1[nH]ncc1C(=O)NCC1(C2CC2)CC1. The molecule has 0 saturated heterocycles. The summed E-state index contributed by atoms with van der Waals surface area (Å²) in [7, 11) is 0. The zero-order valence-electron chi connectivity index (χ0n) is 9.55. The van der Waals surface area contributed by atoms with Gasteiger partial charge in [0.15, 0.2) is 0 Å². The molecule has 86 valence electrons. The number of aromatic nitrogens is 2. The summed E-state index contributed by atoms with van der Waals surface area (Å²) in [4.78, 5) is 11.9. The van der Waals surface area contributed by atoms with E-state index in [0.717, 1.165) is 18.2 Å². The molecule has 16 heavy (non-hydrogen) atoms. The van der Waals surface area contributed by atoms with Crippen LogP contribution in [0.1, 0.15) is 41.7 Å². The Labute approximate surface area is 94.8 Å². The van der Waals surface area contributed by atoms with Crippen LogP contribution in [0.25, 0.3) is 0 Å². The van der Waals surface area contributed by atoms with E-state index in [2.05, 4.69) is 15.5 Å². The molecule has 0 radical (unpaired) electrons. The molecule has 1 heterocycles. The maximum atomic E-state index is 11.9. The summed E-state index contributed by atoms with van der Waals surface area (Å²) < 4.78 is 0. The van der Waals surface area contributed by atoms with E-state index in [0.29, 0.717) is 11.0 Å². The molecule has 4 heteroatoms. The first kappa shape index (κ1) is 9.87. The Morgan fingerprint density at radius 1 is 1.62 bits per heavy atom. The van der Waals surface area contributed by atoms with Gasteiger partial charge in [0, 0.05) is 12.2 Å². The van der Waals surface area contributed by atoms with Gasteiger partial charge in [-0.05, 0) is 43.9 Å². The molecule has 0 spiro atoms. The third kappa shape index (κ3) is 1.62. The summed E-state index contributed by atoms with van der Waals surface area (Å²) in [5.41, 5.74) is 1.98. The van der Waals surface area contributed by atoms with Crippen molar-refractivity contribution in [1.82, 2.24) is 15.5 Å². The summed E-state index contributed by atoms with van der Waals surface area (Å²) in [6.45, 7) is 2.72. The van der Waals surface area contributed by atoms with Gasteiger partial charge in [-0.2, -0.15) is 5.10 Å². The zero-order chi connectivity index (χ0) is 11.2. The van der Waals surface area contributed by atoms with Crippen molar-refractivity contribution in [2.75, 3.05) is 6.54 Å². The molecule has 2 aliphatic carbocycles. The minimum absolute atomic E-state index is 0.0122. The second-order valence-corrected chi connectivity index (χ2v) is 5.23. The van der Waals surface area contributed by atoms with Gasteiger partial charge < -0.3 is 5.32 Å². The number of hydrogen-bond acceptors (Lipinski definition) is 2. The lowest BCUT2D eigenvalue weighted by Crippen LogP contribution is -2.31. The zero-order valence-corrected chi connectivity index (χ0v) is 9.55. The first-order valence-corrected chi connectivity index (χ1v) is 5.99. The third-order valence-electron chi connectivity index (χ3n) is 4.01. The molecule has 2 saturated carbocycles. The van der Waals surface area contributed by atoms with E-state index >= 15 is 0 Å². The Kier molecular flexibility index (Phi) is 2.06. The van der Waals surface area contributed by atoms with Crippen molar-refractivity contribution in [3.05, 3.63) is 17.5 Å². The molecule has 3 rings (SSSR count). The average Bonchev–Trinajstić information content (AvgIpc) is 3.14. The van der Waals surface area contributed by atoms with Gasteiger partial charge in [0.2, 0.25) is 0 Å². The Hall–Kier alpha value is -1.32. The monoisotopic (exact) mass is 219 g/mol. The molecule has 1 aromatic rings. The predicted molar refractivity (Wildman–Crippen MR) is 60.0 cm³/mol. The van der Waals surface area contributed by atoms with Crippen LogP contribution in [-0.2, 0) is 0 Å². The quantitative estimate of drug-likeness (QED) is 0.808. The Morgan fingerprint density at radius 3 is 2.88 bits per heavy atom. The fraction of sp³-hybridized carbons (Fsp3) is 0.667. The van der Waals surface area contributed by atoms with E-state index in [1.54, 1.807) is 6.20 Å². The van der Waals surface area contributed by atoms with Crippen LogP contribution in [0.15, 0.2) is 6.20 Å². The number of hydrogen-bond donors (Lipinski definition) is 2. The third-order valence-corrected chi connectivity index (χ3v) is 4.01. The molecule has 0 atom stereocenters. The van der Waals surface area contributed by atoms with Crippen molar-refractivity contribution in [3.8, 4) is 0 Å². The molecule has 2 N–H and O–H groups in total. The summed E-state index contributed by atoms with van der Waals surface area (Å²) >= 11 is 0. The average molecular weight is 219 g/mol. The smallest absolute Gasteiger partial charge is 0.254 e. The van der Waals surface area contributed by atoms with Gasteiger partial charge in [0.1, 0.15) is 0 Å². The molecule has 0 bridgehead atoms. The van der Waals surface area contributed by atoms with Gasteiger partial charge in [0.05, 0.1) is 11.8 Å². The van der Waals surface area contributed by atoms with E-state index < -0.39 is 0 Å². The lowest BCUT2D eigenvalue weighted by atomic mass is 10.0. The molecular formula is C12H17N3O. The number of aromatic amines is 1. The molecule has 0 aromatic carbocycles. The summed E-state index contributed by atoms with van der Waals surface area (Å²) in [6.07, 6.45) is 6.91. The molecule has 2 fully saturated rings. The van der Waals surface area contributed by atoms with Gasteiger partial charge in [0.25, 0.3) is 5.91 Å². The Morgan fingerprint density at radius 2 is 2.38 bits per heavy atom. The van der Waals surface area contributed by atoms with Crippen LogP contribution in [0.5, 0.6) is 0 Å². The minimum atomic E-state index is 0.0122. The molecule has 0 aliphatic heterocycles. The van der Waals surface area contributed by atoms with Crippen LogP contribution in [0.2, 0.25) is 0 Å². The molecule has 4 nitrogen and oxygen atoms in total. The van der Waals surface area contributed by atoms with Crippen molar-refractivity contribution < 1.29 is 4.79 Å². The number of rotatable bonds is 4. The van der Waals surface area contributed by atoms with E-state index in [9.17, 15) is 4.79 Å². The summed E-state index contributed by atoms with van der Waals surface area (Å²) in [6, 6.07) is 0. The van der Waals surface area contributed by atoms with Crippen molar-refractivity contribution in [2.24, 2.45) is 11.3 Å². The highest BCUT2D eigenvalue weighted by molar-refractivity contribution is 5.94. The summed E-state index contributed by atoms with van der Waals surface area (Å²) in [5, 5.41) is 9.70. The minimum Gasteiger partial charge on any atom is -0.351 e. The van der Waals surface area contributed by atoms with Gasteiger partial charge in [-0.15, -0.1) is 0 Å². The van der Waals surface area contributed by atoms with Crippen LogP contribution in [-0.4, -0.2) is 22.6 Å². The fourth-order valence-corrected chi connectivity index (χ4v) is 2.52. The van der Waals surface area contributed by atoms with Crippen molar-refractivity contribution in [2.45, 2.75) is 32.6 Å². The highest BCUT2D eigenvalue weighted by atomic mass is 16.1. The van der Waals surface area contributed by atoms with Crippen molar-refractivity contribution >= 4 is 5.91 Å². The number of amides is 1. The lowest BCUT2D eigenvalue weighted by Gasteiger charge is -2.14. The molecular weight excluding hydrogens is 202 g/mol. The lowest BCUT2D eigenvalue weighted by molar-refractivity contribution is 0.0942. The van der Waals surface area contributed by atoms with Crippen molar-refractivity contribution in [3.63, 3.8) is 0 Å².